The first-order valence-electron chi connectivity index (χ1n) is 7.39. The fourth-order valence-electron chi connectivity index (χ4n) is 2.18. The Kier molecular flexibility index (Phi) is 6.05. The van der Waals surface area contributed by atoms with E-state index < -0.39 is 40.3 Å². The van der Waals surface area contributed by atoms with Gasteiger partial charge in [-0.1, -0.05) is 23.2 Å². The van der Waals surface area contributed by atoms with Gasteiger partial charge in [0.15, 0.2) is 0 Å². The van der Waals surface area contributed by atoms with Crippen LogP contribution in [-0.2, 0) is 0 Å². The third-order valence-corrected chi connectivity index (χ3v) is 4.11. The molecule has 2 rings (SSSR count). The molecule has 152 valence electrons. The van der Waals surface area contributed by atoms with Gasteiger partial charge in [-0.15, -0.1) is 0 Å². The summed E-state index contributed by atoms with van der Waals surface area (Å²) in [6.07, 6.45) is -10.9. The van der Waals surface area contributed by atoms with Gasteiger partial charge in [0.2, 0.25) is 0 Å². The zero-order valence-corrected chi connectivity index (χ0v) is 15.4. The summed E-state index contributed by atoms with van der Waals surface area (Å²) in [4.78, 5) is 15.7. The normalized spacial score (nSPS) is 12.6. The van der Waals surface area contributed by atoms with Gasteiger partial charge in [-0.25, -0.2) is 4.98 Å². The Bertz CT molecular complexity index is 871. The first kappa shape index (κ1) is 22.1. The third-order valence-electron chi connectivity index (χ3n) is 3.56. The summed E-state index contributed by atoms with van der Waals surface area (Å²) in [6, 6.07) is 5.35. The maximum atomic E-state index is 13.6. The zero-order valence-electron chi connectivity index (χ0n) is 13.8. The molecule has 0 aliphatic rings. The average Bonchev–Trinajstić information content (AvgIpc) is 2.51. The molecule has 0 unspecified atom stereocenters. The molecule has 12 heteroatoms. The van der Waals surface area contributed by atoms with Crippen LogP contribution in [0.5, 0.6) is 0 Å². The van der Waals surface area contributed by atoms with Gasteiger partial charge in [-0.2, -0.15) is 26.3 Å². The Balaban J connectivity index is 2.55. The molecule has 0 bridgehead atoms. The van der Waals surface area contributed by atoms with Gasteiger partial charge in [0.05, 0.1) is 10.6 Å². The molecule has 4 nitrogen and oxygen atoms in total. The van der Waals surface area contributed by atoms with Crippen LogP contribution in [0.2, 0.25) is 10.0 Å². The van der Waals surface area contributed by atoms with E-state index >= 15 is 0 Å². The number of carbonyl (C=O) groups is 1. The highest BCUT2D eigenvalue weighted by atomic mass is 35.5. The molecule has 1 aromatic heterocycles. The lowest BCUT2D eigenvalue weighted by atomic mass is 10.1. The molecule has 28 heavy (non-hydrogen) atoms. The van der Waals surface area contributed by atoms with E-state index in [1.807, 2.05) is 0 Å². The van der Waals surface area contributed by atoms with Crippen LogP contribution in [0.3, 0.4) is 0 Å². The maximum absolute atomic E-state index is 13.6. The Morgan fingerprint density at radius 1 is 1.00 bits per heavy atom. The molecule has 2 aromatic rings. The minimum atomic E-state index is -5.98. The van der Waals surface area contributed by atoms with Crippen molar-refractivity contribution in [3.8, 4) is 0 Å². The van der Waals surface area contributed by atoms with E-state index in [0.29, 0.717) is 5.56 Å². The summed E-state index contributed by atoms with van der Waals surface area (Å²) in [5, 5.41) is 1.89. The number of hydrogen-bond donors (Lipinski definition) is 2. The van der Waals surface area contributed by atoms with Gasteiger partial charge < -0.3 is 10.6 Å². The first-order chi connectivity index (χ1) is 12.8. The maximum Gasteiger partial charge on any atom is 0.439 e. The monoisotopic (exact) mass is 445 g/mol. The number of nitrogens with one attached hydrogen (secondary N) is 2. The lowest BCUT2D eigenvalue weighted by molar-refractivity contribution is -0.294. The average molecular weight is 446 g/mol. The van der Waals surface area contributed by atoms with Gasteiger partial charge in [0, 0.05) is 11.2 Å². The highest BCUT2D eigenvalue weighted by Crippen LogP contribution is 2.43. The van der Waals surface area contributed by atoms with E-state index in [9.17, 15) is 31.1 Å². The molecule has 1 heterocycles. The molecule has 0 atom stereocenters. The molecule has 2 N–H and O–H groups in total. The van der Waals surface area contributed by atoms with Gasteiger partial charge >= 0.3 is 18.0 Å². The van der Waals surface area contributed by atoms with Crippen LogP contribution in [0, 0.1) is 6.92 Å². The fraction of sp³-hybridized carbons (Fsp3) is 0.250. The summed E-state index contributed by atoms with van der Waals surface area (Å²) < 4.78 is 81.7. The smallest absolute Gasteiger partial charge is 0.332 e. The Morgan fingerprint density at radius 3 is 2.11 bits per heavy atom. The predicted octanol–water partition coefficient (Wildman–Crippen LogP) is 5.36. The quantitative estimate of drug-likeness (QED) is 0.491. The van der Waals surface area contributed by atoms with Crippen LogP contribution in [0.1, 0.15) is 15.9 Å². The minimum Gasteiger partial charge on any atom is -0.332 e. The van der Waals surface area contributed by atoms with Crippen LogP contribution in [0.4, 0.5) is 32.2 Å². The molecule has 1 amide bonds. The lowest BCUT2D eigenvalue weighted by Gasteiger charge is -2.38. The van der Waals surface area contributed by atoms with Crippen molar-refractivity contribution in [1.29, 1.82) is 0 Å². The number of pyridine rings is 1. The molecule has 0 fully saturated rings. The number of rotatable bonds is 4. The summed E-state index contributed by atoms with van der Waals surface area (Å²) in [5.41, 5.74) is -5.09. The minimum absolute atomic E-state index is 0.0431. The second-order valence-corrected chi connectivity index (χ2v) is 6.51. The molecule has 0 saturated heterocycles. The molecule has 0 saturated carbocycles. The number of hydrogen-bond acceptors (Lipinski definition) is 3. The second kappa shape index (κ2) is 7.67. The van der Waals surface area contributed by atoms with Crippen molar-refractivity contribution >= 4 is 34.9 Å². The number of aromatic nitrogens is 1. The fourth-order valence-corrected chi connectivity index (χ4v) is 2.68. The number of carbonyl (C=O) groups excluding carboxylic acids is 1. The van der Waals surface area contributed by atoms with Gasteiger partial charge in [-0.05, 0) is 42.8 Å². The van der Waals surface area contributed by atoms with Crippen molar-refractivity contribution < 1.29 is 31.1 Å². The molecule has 0 spiro atoms. The molecular weight excluding hydrogens is 435 g/mol. The molecular formula is C16H11Cl2F6N3O. The number of anilines is 1. The summed E-state index contributed by atoms with van der Waals surface area (Å²) in [5.74, 6) is -2.45. The Labute approximate surface area is 164 Å². The van der Waals surface area contributed by atoms with Gasteiger partial charge in [-0.3, -0.25) is 4.79 Å². The van der Waals surface area contributed by atoms with Crippen LogP contribution in [-0.4, -0.2) is 28.9 Å². The highest BCUT2D eigenvalue weighted by molar-refractivity contribution is 6.36. The molecule has 0 aliphatic heterocycles. The number of amides is 1. The summed E-state index contributed by atoms with van der Waals surface area (Å²) in [6.45, 7) is 1.45. The SMILES string of the molecule is Cc1ccnc(NC(NC(=O)c2ccc(Cl)cc2Cl)(C(F)(F)F)C(F)(F)F)c1. The van der Waals surface area contributed by atoms with Crippen LogP contribution in [0.25, 0.3) is 0 Å². The van der Waals surface area contributed by atoms with Crippen molar-refractivity contribution in [2.45, 2.75) is 24.9 Å². The van der Waals surface area contributed by atoms with Crippen molar-refractivity contribution in [2.75, 3.05) is 5.32 Å². The zero-order chi connectivity index (χ0) is 21.3. The van der Waals surface area contributed by atoms with Crippen LogP contribution in [0.15, 0.2) is 36.5 Å². The Hall–Kier alpha value is -2.20. The number of halogens is 8. The largest absolute Gasteiger partial charge is 0.439 e. The molecule has 0 aliphatic carbocycles. The van der Waals surface area contributed by atoms with Crippen molar-refractivity contribution in [1.82, 2.24) is 10.3 Å². The summed E-state index contributed by atoms with van der Waals surface area (Å²) in [7, 11) is 0. The van der Waals surface area contributed by atoms with Crippen molar-refractivity contribution in [3.63, 3.8) is 0 Å². The Morgan fingerprint density at radius 2 is 1.61 bits per heavy atom. The topological polar surface area (TPSA) is 54.0 Å². The summed E-state index contributed by atoms with van der Waals surface area (Å²) >= 11 is 11.3. The third kappa shape index (κ3) is 4.44. The van der Waals surface area contributed by atoms with Crippen molar-refractivity contribution in [3.05, 3.63) is 57.7 Å². The van der Waals surface area contributed by atoms with E-state index in [1.54, 1.807) is 0 Å². The first-order valence-corrected chi connectivity index (χ1v) is 8.14. The molecule has 0 radical (unpaired) electrons. The van der Waals surface area contributed by atoms with E-state index in [-0.39, 0.29) is 5.02 Å². The molecule has 1 aromatic carbocycles. The number of aryl methyl sites for hydroxylation is 1. The lowest BCUT2D eigenvalue weighted by Crippen LogP contribution is -2.72. The van der Waals surface area contributed by atoms with Crippen LogP contribution < -0.4 is 10.6 Å². The predicted molar refractivity (Wildman–Crippen MR) is 91.4 cm³/mol. The van der Waals surface area contributed by atoms with E-state index in [0.717, 1.165) is 35.8 Å². The highest BCUT2D eigenvalue weighted by Gasteiger charge is 2.73. The van der Waals surface area contributed by atoms with Crippen LogP contribution >= 0.6 is 23.2 Å². The van der Waals surface area contributed by atoms with Gasteiger partial charge in [0.1, 0.15) is 5.82 Å². The number of nitrogens with zero attached hydrogens (tertiary/aromatic N) is 1. The van der Waals surface area contributed by atoms with Crippen molar-refractivity contribution in [2.24, 2.45) is 0 Å². The van der Waals surface area contributed by atoms with E-state index in [1.165, 1.54) is 18.3 Å². The standard InChI is InChI=1S/C16H11Cl2F6N3O/c1-8-4-5-25-12(6-8)26-14(15(19,20)21,16(22,23)24)27-13(28)10-3-2-9(17)7-11(10)18/h2-7H,1H3,(H,25,26)(H,27,28). The van der Waals surface area contributed by atoms with Gasteiger partial charge in [0.25, 0.3) is 5.91 Å². The number of alkyl halides is 6. The number of benzene rings is 1. The van der Waals surface area contributed by atoms with E-state index in [4.69, 9.17) is 23.2 Å². The van der Waals surface area contributed by atoms with E-state index in [2.05, 4.69) is 4.98 Å². The second-order valence-electron chi connectivity index (χ2n) is 5.67.